The lowest BCUT2D eigenvalue weighted by atomic mass is 10.0. The summed E-state index contributed by atoms with van der Waals surface area (Å²) < 4.78 is 22.7. The number of unbranched alkanes of at least 4 members (excludes halogenated alkanes) is 32. The summed E-state index contributed by atoms with van der Waals surface area (Å²) in [4.78, 5) is 37.2. The topological polar surface area (TPSA) is 111 Å². The number of nitrogens with zero attached hydrogens (tertiary/aromatic N) is 1. The van der Waals surface area contributed by atoms with Gasteiger partial charge in [-0.2, -0.15) is 0 Å². The molecule has 0 bridgehead atoms. The summed E-state index contributed by atoms with van der Waals surface area (Å²) >= 11 is 0. The van der Waals surface area contributed by atoms with Gasteiger partial charge in [-0.15, -0.1) is 0 Å². The first kappa shape index (κ1) is 62.8. The molecule has 0 aromatic carbocycles. The maximum Gasteiger partial charge on any atom is 0.306 e. The van der Waals surface area contributed by atoms with Crippen molar-refractivity contribution in [3.63, 3.8) is 0 Å². The highest BCUT2D eigenvalue weighted by molar-refractivity contribution is 5.70. The van der Waals surface area contributed by atoms with Gasteiger partial charge in [-0.05, 0) is 64.2 Å². The van der Waals surface area contributed by atoms with Crippen LogP contribution in [0.2, 0.25) is 0 Å². The number of allylic oxidation sites excluding steroid dienone is 4. The predicted molar refractivity (Wildman–Crippen MR) is 270 cm³/mol. The van der Waals surface area contributed by atoms with Gasteiger partial charge < -0.3 is 33.3 Å². The number of carbonyl (C=O) groups excluding carboxylic acids is 3. The Morgan fingerprint density at radius 2 is 0.785 bits per heavy atom. The van der Waals surface area contributed by atoms with Crippen molar-refractivity contribution in [2.24, 2.45) is 0 Å². The molecule has 0 heterocycles. The molecule has 0 aromatic heterocycles. The molecule has 0 saturated carbocycles. The third kappa shape index (κ3) is 49.5. The van der Waals surface area contributed by atoms with Gasteiger partial charge in [0.05, 0.1) is 40.3 Å². The minimum Gasteiger partial charge on any atom is -0.545 e. The first-order chi connectivity index (χ1) is 31.6. The predicted octanol–water partition coefficient (Wildman–Crippen LogP) is 14.2. The van der Waals surface area contributed by atoms with Crippen LogP contribution in [0.25, 0.3) is 0 Å². The Bertz CT molecular complexity index is 1120. The number of hydrogen-bond acceptors (Lipinski definition) is 8. The van der Waals surface area contributed by atoms with E-state index < -0.39 is 24.3 Å². The minimum atomic E-state index is -1.62. The van der Waals surface area contributed by atoms with Crippen molar-refractivity contribution in [2.45, 2.75) is 270 Å². The highest BCUT2D eigenvalue weighted by Gasteiger charge is 2.22. The van der Waals surface area contributed by atoms with Gasteiger partial charge in [0.2, 0.25) is 0 Å². The van der Waals surface area contributed by atoms with Gasteiger partial charge in [-0.25, -0.2) is 0 Å². The molecule has 0 rings (SSSR count). The highest BCUT2D eigenvalue weighted by Crippen LogP contribution is 2.16. The van der Waals surface area contributed by atoms with Gasteiger partial charge >= 0.3 is 11.9 Å². The van der Waals surface area contributed by atoms with Crippen LogP contribution in [-0.4, -0.2) is 82.3 Å². The first-order valence-electron chi connectivity index (χ1n) is 27.5. The SMILES string of the molecule is CCCCCCCC/C=C\CCCCCCCC(=O)OCC(COC(OCC[N+](C)(C)C)C(=O)[O-])OC(=O)CCCCCCCCCCCCCCC/C=C\CCCCCCCCCC. The normalized spacial score (nSPS) is 12.9. The van der Waals surface area contributed by atoms with Crippen molar-refractivity contribution in [3.8, 4) is 0 Å². The Morgan fingerprint density at radius 1 is 0.446 bits per heavy atom. The third-order valence-electron chi connectivity index (χ3n) is 12.2. The van der Waals surface area contributed by atoms with E-state index in [2.05, 4.69) is 38.2 Å². The van der Waals surface area contributed by atoms with Crippen molar-refractivity contribution < 1.29 is 42.9 Å². The molecule has 9 heteroatoms. The van der Waals surface area contributed by atoms with E-state index in [0.717, 1.165) is 51.4 Å². The second kappa shape index (κ2) is 48.2. The van der Waals surface area contributed by atoms with Crippen molar-refractivity contribution in [1.29, 1.82) is 0 Å². The monoisotopic (exact) mass is 920 g/mol. The summed E-state index contributed by atoms with van der Waals surface area (Å²) in [7, 11) is 5.92. The van der Waals surface area contributed by atoms with E-state index >= 15 is 0 Å². The van der Waals surface area contributed by atoms with Gasteiger partial charge in [0.1, 0.15) is 13.2 Å². The average molecular weight is 920 g/mol. The van der Waals surface area contributed by atoms with Gasteiger partial charge in [-0.3, -0.25) is 9.59 Å². The molecule has 0 aliphatic carbocycles. The van der Waals surface area contributed by atoms with Gasteiger partial charge in [0.25, 0.3) is 0 Å². The van der Waals surface area contributed by atoms with Crippen LogP contribution in [0.5, 0.6) is 0 Å². The average Bonchev–Trinajstić information content (AvgIpc) is 3.27. The van der Waals surface area contributed by atoms with Gasteiger partial charge in [-0.1, -0.05) is 205 Å². The van der Waals surface area contributed by atoms with E-state index in [1.165, 1.54) is 173 Å². The van der Waals surface area contributed by atoms with Crippen molar-refractivity contribution >= 4 is 17.9 Å². The number of quaternary nitrogens is 1. The number of likely N-dealkylation sites (N-methyl/N-ethyl adjacent to an activating group) is 1. The number of rotatable bonds is 51. The molecule has 2 atom stereocenters. The standard InChI is InChI=1S/C56H105NO8/c1-6-8-10-12-14-16-18-20-22-23-24-25-26-27-28-29-30-31-33-35-37-39-41-43-45-47-54(59)65-52(51-64-56(55(60)61)62-49-48-57(3,4)5)50-63-53(58)46-44-42-40-38-36-34-32-21-19-17-15-13-11-9-7-2/h21,23-24,32,52,56H,6-20,22,25-31,33-51H2,1-5H3/b24-23-,32-21-. The van der Waals surface area contributed by atoms with Crippen LogP contribution in [0.1, 0.15) is 258 Å². The summed E-state index contributed by atoms with van der Waals surface area (Å²) in [6.45, 7) is 4.76. The lowest BCUT2D eigenvalue weighted by Crippen LogP contribution is -2.44. The molecule has 0 radical (unpaired) electrons. The number of carboxylic acids is 1. The molecule has 0 N–H and O–H groups in total. The van der Waals surface area contributed by atoms with Crippen molar-refractivity contribution in [1.82, 2.24) is 0 Å². The Kier molecular flexibility index (Phi) is 46.6. The summed E-state index contributed by atoms with van der Waals surface area (Å²) in [5.74, 6) is -2.28. The zero-order valence-corrected chi connectivity index (χ0v) is 43.4. The van der Waals surface area contributed by atoms with Crippen LogP contribution in [0.15, 0.2) is 24.3 Å². The summed E-state index contributed by atoms with van der Waals surface area (Å²) in [5.41, 5.74) is 0. The summed E-state index contributed by atoms with van der Waals surface area (Å²) in [6, 6.07) is 0. The molecule has 0 saturated heterocycles. The molecule has 0 spiro atoms. The fourth-order valence-corrected chi connectivity index (χ4v) is 7.88. The van der Waals surface area contributed by atoms with Crippen molar-refractivity contribution in [3.05, 3.63) is 24.3 Å². The second-order valence-corrected chi connectivity index (χ2v) is 19.9. The zero-order valence-electron chi connectivity index (χ0n) is 43.4. The Morgan fingerprint density at radius 3 is 1.14 bits per heavy atom. The quantitative estimate of drug-likeness (QED) is 0.0195. The minimum absolute atomic E-state index is 0.148. The number of carbonyl (C=O) groups is 3. The fraction of sp³-hybridized carbons (Fsp3) is 0.875. The number of ether oxygens (including phenoxy) is 4. The van der Waals surface area contributed by atoms with Gasteiger partial charge in [0.15, 0.2) is 12.4 Å². The lowest BCUT2D eigenvalue weighted by molar-refractivity contribution is -0.870. The van der Waals surface area contributed by atoms with Crippen LogP contribution < -0.4 is 5.11 Å². The lowest BCUT2D eigenvalue weighted by Gasteiger charge is -2.26. The molecule has 2 unspecified atom stereocenters. The van der Waals surface area contributed by atoms with Crippen LogP contribution in [0.3, 0.4) is 0 Å². The smallest absolute Gasteiger partial charge is 0.306 e. The van der Waals surface area contributed by atoms with Crippen LogP contribution >= 0.6 is 0 Å². The van der Waals surface area contributed by atoms with Crippen molar-refractivity contribution in [2.75, 3.05) is 47.5 Å². The second-order valence-electron chi connectivity index (χ2n) is 19.9. The van der Waals surface area contributed by atoms with Gasteiger partial charge in [0, 0.05) is 12.8 Å². The fourth-order valence-electron chi connectivity index (χ4n) is 7.88. The third-order valence-corrected chi connectivity index (χ3v) is 12.2. The molecular formula is C56H105NO8. The van der Waals surface area contributed by atoms with E-state index in [0.29, 0.717) is 17.4 Å². The maximum absolute atomic E-state index is 12.8. The molecule has 0 aliphatic heterocycles. The molecule has 382 valence electrons. The number of carboxylic acid groups (broad SMARTS) is 1. The first-order valence-corrected chi connectivity index (χ1v) is 27.5. The molecule has 0 aromatic rings. The van der Waals surface area contributed by atoms with E-state index in [1.54, 1.807) is 0 Å². The van der Waals surface area contributed by atoms with Crippen LogP contribution in [0, 0.1) is 0 Å². The molecule has 0 amide bonds. The van der Waals surface area contributed by atoms with E-state index in [9.17, 15) is 19.5 Å². The van der Waals surface area contributed by atoms with Crippen LogP contribution in [0.4, 0.5) is 0 Å². The Hall–Kier alpha value is -2.23. The number of esters is 2. The zero-order chi connectivity index (χ0) is 47.7. The molecule has 65 heavy (non-hydrogen) atoms. The molecular weight excluding hydrogens is 815 g/mol. The largest absolute Gasteiger partial charge is 0.545 e. The Balaban J connectivity index is 4.23. The maximum atomic E-state index is 12.8. The highest BCUT2D eigenvalue weighted by atomic mass is 16.7. The number of hydrogen-bond donors (Lipinski definition) is 0. The summed E-state index contributed by atoms with van der Waals surface area (Å²) in [5, 5.41) is 11.7. The number of aliphatic carboxylic acids is 1. The van der Waals surface area contributed by atoms with E-state index in [4.69, 9.17) is 18.9 Å². The Labute approximate surface area is 401 Å². The summed E-state index contributed by atoms with van der Waals surface area (Å²) in [6.07, 6.45) is 52.2. The van der Waals surface area contributed by atoms with E-state index in [-0.39, 0.29) is 38.6 Å². The molecule has 0 fully saturated rings. The van der Waals surface area contributed by atoms with E-state index in [1.807, 2.05) is 21.1 Å². The molecule has 9 nitrogen and oxygen atoms in total. The molecule has 0 aliphatic rings. The van der Waals surface area contributed by atoms with Crippen LogP contribution in [-0.2, 0) is 33.3 Å².